The van der Waals surface area contributed by atoms with Gasteiger partial charge in [0.25, 0.3) is 10.0 Å². The third-order valence-corrected chi connectivity index (χ3v) is 5.18. The maximum absolute atomic E-state index is 12.4. The van der Waals surface area contributed by atoms with Gasteiger partial charge in [0.15, 0.2) is 11.5 Å². The van der Waals surface area contributed by atoms with Crippen molar-refractivity contribution in [3.63, 3.8) is 0 Å². The fraction of sp³-hybridized carbons (Fsp3) is 0.0714. The molecule has 7 heteroatoms. The molecule has 3 rings (SSSR count). The summed E-state index contributed by atoms with van der Waals surface area (Å²) in [5.41, 5.74) is 1.43. The Balaban J connectivity index is 2.05. The van der Waals surface area contributed by atoms with E-state index in [2.05, 4.69) is 4.98 Å². The minimum atomic E-state index is -3.82. The number of aromatic nitrogens is 1. The summed E-state index contributed by atoms with van der Waals surface area (Å²) in [6, 6.07) is 12.8. The summed E-state index contributed by atoms with van der Waals surface area (Å²) in [5, 5.41) is 0. The number of aryl methyl sites for hydroxylation is 1. The van der Waals surface area contributed by atoms with Crippen LogP contribution in [-0.4, -0.2) is 13.4 Å². The van der Waals surface area contributed by atoms with Gasteiger partial charge in [0, 0.05) is 24.8 Å². The monoisotopic (exact) mass is 322 g/mol. The summed E-state index contributed by atoms with van der Waals surface area (Å²) in [5.74, 6) is 0.509. The number of rotatable bonds is 3. The van der Waals surface area contributed by atoms with Gasteiger partial charge in [-0.25, -0.2) is 4.98 Å². The van der Waals surface area contributed by atoms with Crippen LogP contribution in [0.15, 0.2) is 57.8 Å². The highest BCUT2D eigenvalue weighted by atomic mass is 35.5. The van der Waals surface area contributed by atoms with Crippen LogP contribution in [0.2, 0.25) is 0 Å². The molecule has 0 radical (unpaired) electrons. The minimum Gasteiger partial charge on any atom is -0.441 e. The molecule has 0 N–H and O–H groups in total. The number of benzene rings is 2. The van der Waals surface area contributed by atoms with Crippen molar-refractivity contribution in [1.29, 1.82) is 0 Å². The molecule has 1 heterocycles. The Morgan fingerprint density at radius 2 is 1.86 bits per heavy atom. The zero-order valence-electron chi connectivity index (χ0n) is 11.0. The van der Waals surface area contributed by atoms with Gasteiger partial charge in [-0.3, -0.25) is 0 Å². The predicted octanol–water partition coefficient (Wildman–Crippen LogP) is 3.49. The van der Waals surface area contributed by atoms with Crippen LogP contribution in [0.5, 0.6) is 0 Å². The van der Waals surface area contributed by atoms with Crippen LogP contribution in [0.25, 0.3) is 11.1 Å². The van der Waals surface area contributed by atoms with E-state index in [4.69, 9.17) is 16.2 Å². The molecule has 0 aliphatic carbocycles. The topological polar surface area (TPSA) is 63.4 Å². The Labute approximate surface area is 126 Å². The number of nitrogens with zero attached hydrogens (tertiary/aromatic N) is 2. The van der Waals surface area contributed by atoms with Gasteiger partial charge in [-0.2, -0.15) is 12.2 Å². The summed E-state index contributed by atoms with van der Waals surface area (Å²) in [6.45, 7) is 1.72. The highest BCUT2D eigenvalue weighted by Gasteiger charge is 2.23. The van der Waals surface area contributed by atoms with E-state index in [9.17, 15) is 8.42 Å². The quantitative estimate of drug-likeness (QED) is 0.692. The maximum Gasteiger partial charge on any atom is 0.278 e. The summed E-state index contributed by atoms with van der Waals surface area (Å²) in [4.78, 5) is 4.28. The Kier molecular flexibility index (Phi) is 3.35. The van der Waals surface area contributed by atoms with Crippen LogP contribution < -0.4 is 3.82 Å². The van der Waals surface area contributed by atoms with Crippen LogP contribution in [0.3, 0.4) is 0 Å². The summed E-state index contributed by atoms with van der Waals surface area (Å²) >= 11 is 6.02. The van der Waals surface area contributed by atoms with Crippen LogP contribution >= 0.6 is 11.8 Å². The molecular formula is C14H11ClN2O3S. The van der Waals surface area contributed by atoms with Crippen LogP contribution in [0, 0.1) is 6.92 Å². The number of hydrogen-bond acceptors (Lipinski definition) is 4. The Morgan fingerprint density at radius 1 is 1.14 bits per heavy atom. The average molecular weight is 323 g/mol. The van der Waals surface area contributed by atoms with Crippen LogP contribution in [0.4, 0.5) is 5.69 Å². The molecule has 0 aliphatic rings. The number of sulfonamides is 1. The summed E-state index contributed by atoms with van der Waals surface area (Å²) < 4.78 is 30.9. The molecule has 1 aromatic heterocycles. The third-order valence-electron chi connectivity index (χ3n) is 2.93. The molecule has 21 heavy (non-hydrogen) atoms. The van der Waals surface area contributed by atoms with Gasteiger partial charge < -0.3 is 4.42 Å². The molecule has 0 aliphatic heterocycles. The van der Waals surface area contributed by atoms with Gasteiger partial charge in [0.2, 0.25) is 0 Å². The lowest BCUT2D eigenvalue weighted by Gasteiger charge is -2.15. The first kappa shape index (κ1) is 13.9. The van der Waals surface area contributed by atoms with Gasteiger partial charge >= 0.3 is 0 Å². The molecule has 0 saturated carbocycles. The van der Waals surface area contributed by atoms with E-state index < -0.39 is 10.0 Å². The molecule has 0 bridgehead atoms. The lowest BCUT2D eigenvalue weighted by molar-refractivity contribution is 0.561. The van der Waals surface area contributed by atoms with Crippen molar-refractivity contribution < 1.29 is 12.8 Å². The van der Waals surface area contributed by atoms with Crippen molar-refractivity contribution in [1.82, 2.24) is 4.98 Å². The van der Waals surface area contributed by atoms with Gasteiger partial charge in [-0.1, -0.05) is 18.2 Å². The first-order valence-corrected chi connectivity index (χ1v) is 7.89. The van der Waals surface area contributed by atoms with E-state index in [-0.39, 0.29) is 4.90 Å². The molecule has 0 amide bonds. The fourth-order valence-electron chi connectivity index (χ4n) is 1.96. The Morgan fingerprint density at radius 3 is 2.57 bits per heavy atom. The van der Waals surface area contributed by atoms with E-state index in [1.54, 1.807) is 43.3 Å². The first-order chi connectivity index (χ1) is 9.98. The second kappa shape index (κ2) is 5.05. The van der Waals surface area contributed by atoms with E-state index in [1.165, 1.54) is 12.1 Å². The highest BCUT2D eigenvalue weighted by molar-refractivity contribution is 7.94. The lowest BCUT2D eigenvalue weighted by Crippen LogP contribution is -2.21. The number of fused-ring (bicyclic) bond motifs is 1. The standard InChI is InChI=1S/C14H11ClN2O3S/c1-10-16-13-8-7-11(9-14(13)20-10)17(15)21(18,19)12-5-3-2-4-6-12/h2-9H,1H3. The second-order valence-corrected chi connectivity index (χ2v) is 6.74. The molecule has 0 saturated heterocycles. The smallest absolute Gasteiger partial charge is 0.278 e. The Hall–Kier alpha value is -2.05. The zero-order chi connectivity index (χ0) is 15.0. The average Bonchev–Trinajstić information content (AvgIpc) is 2.86. The van der Waals surface area contributed by atoms with Gasteiger partial charge in [0.05, 0.1) is 10.6 Å². The normalized spacial score (nSPS) is 11.7. The van der Waals surface area contributed by atoms with E-state index in [0.717, 1.165) is 0 Å². The maximum atomic E-state index is 12.4. The number of oxazole rings is 1. The molecule has 0 fully saturated rings. The molecular weight excluding hydrogens is 312 g/mol. The van der Waals surface area contributed by atoms with E-state index in [0.29, 0.717) is 26.5 Å². The highest BCUT2D eigenvalue weighted by Crippen LogP contribution is 2.29. The molecule has 2 aromatic carbocycles. The zero-order valence-corrected chi connectivity index (χ0v) is 12.6. The molecule has 0 unspecified atom stereocenters. The van der Waals surface area contributed by atoms with Crippen LogP contribution in [-0.2, 0) is 10.0 Å². The predicted molar refractivity (Wildman–Crippen MR) is 80.7 cm³/mol. The molecule has 3 aromatic rings. The minimum absolute atomic E-state index is 0.119. The van der Waals surface area contributed by atoms with Crippen LogP contribution in [0.1, 0.15) is 5.89 Å². The first-order valence-electron chi connectivity index (χ1n) is 6.12. The largest absolute Gasteiger partial charge is 0.441 e. The molecule has 0 atom stereocenters. The van der Waals surface area contributed by atoms with E-state index >= 15 is 0 Å². The van der Waals surface area contributed by atoms with E-state index in [1.807, 2.05) is 0 Å². The molecule has 108 valence electrons. The number of anilines is 1. The summed E-state index contributed by atoms with van der Waals surface area (Å²) in [6.07, 6.45) is 0. The third kappa shape index (κ3) is 2.48. The Bertz CT molecular complexity index is 891. The van der Waals surface area contributed by atoms with Gasteiger partial charge in [0.1, 0.15) is 5.52 Å². The fourth-order valence-corrected chi connectivity index (χ4v) is 3.38. The van der Waals surface area contributed by atoms with Gasteiger partial charge in [-0.15, -0.1) is 0 Å². The number of halogens is 1. The lowest BCUT2D eigenvalue weighted by atomic mass is 10.3. The number of hydrogen-bond donors (Lipinski definition) is 0. The van der Waals surface area contributed by atoms with Crippen molar-refractivity contribution >= 4 is 38.6 Å². The SMILES string of the molecule is Cc1nc2ccc(N(Cl)S(=O)(=O)c3ccccc3)cc2o1. The summed E-state index contributed by atoms with van der Waals surface area (Å²) in [7, 11) is -3.82. The van der Waals surface area contributed by atoms with Crippen molar-refractivity contribution in [2.75, 3.05) is 3.82 Å². The van der Waals surface area contributed by atoms with Gasteiger partial charge in [-0.05, 0) is 24.3 Å². The second-order valence-electron chi connectivity index (χ2n) is 4.42. The van der Waals surface area contributed by atoms with Crippen molar-refractivity contribution in [2.45, 2.75) is 11.8 Å². The van der Waals surface area contributed by atoms with Crippen molar-refractivity contribution in [2.24, 2.45) is 0 Å². The molecule has 0 spiro atoms. The van der Waals surface area contributed by atoms with Crippen molar-refractivity contribution in [3.8, 4) is 0 Å². The van der Waals surface area contributed by atoms with Crippen molar-refractivity contribution in [3.05, 3.63) is 54.4 Å². The molecule has 5 nitrogen and oxygen atoms in total.